The maximum atomic E-state index is 12.5. The number of rotatable bonds is 7. The zero-order valence-electron chi connectivity index (χ0n) is 24.6. The summed E-state index contributed by atoms with van der Waals surface area (Å²) in [4.78, 5) is 11.8. The Morgan fingerprint density at radius 3 is 2.44 bits per heavy atom. The van der Waals surface area contributed by atoms with Crippen molar-refractivity contribution in [3.05, 3.63) is 11.6 Å². The van der Waals surface area contributed by atoms with Gasteiger partial charge in [-0.2, -0.15) is 0 Å². The summed E-state index contributed by atoms with van der Waals surface area (Å²) in [6.45, 7) is 2.29. The molecule has 10 nitrogen and oxygen atoms in total. The monoisotopic (exact) mass is 580 g/mol. The smallest absolute Gasteiger partial charge is 0.331 e. The molecule has 0 aromatic heterocycles. The van der Waals surface area contributed by atoms with E-state index in [0.717, 1.165) is 63.4 Å². The molecule has 2 heterocycles. The summed E-state index contributed by atoms with van der Waals surface area (Å²) < 4.78 is 28.8. The van der Waals surface area contributed by atoms with Crippen LogP contribution in [-0.4, -0.2) is 103 Å². The second-order valence-electron chi connectivity index (χ2n) is 13.8. The van der Waals surface area contributed by atoms with Crippen molar-refractivity contribution >= 4 is 5.97 Å². The van der Waals surface area contributed by atoms with Crippen LogP contribution >= 0.6 is 0 Å². The SMILES string of the molecule is CO[C@H]1[C@H](OC2CC[C@@]3(CO)C(CC[C@@H]4[C@@H]3CC[C@]3(C)[C@@H](C5=CC(=O)OC5)CC[C@]43O)C2)O[C@H](CO)[C@@H](O)[C@@H]1OC. The van der Waals surface area contributed by atoms with Crippen molar-refractivity contribution in [3.8, 4) is 0 Å². The molecule has 0 radical (unpaired) electrons. The first-order valence-corrected chi connectivity index (χ1v) is 15.5. The normalized spacial score (nSPS) is 51.4. The van der Waals surface area contributed by atoms with Crippen molar-refractivity contribution in [3.63, 3.8) is 0 Å². The molecule has 0 amide bonds. The van der Waals surface area contributed by atoms with E-state index in [0.29, 0.717) is 6.61 Å². The number of cyclic esters (lactones) is 1. The lowest BCUT2D eigenvalue weighted by molar-refractivity contribution is -0.324. The summed E-state index contributed by atoms with van der Waals surface area (Å²) in [6.07, 6.45) is 5.06. The Balaban J connectivity index is 1.18. The highest BCUT2D eigenvalue weighted by molar-refractivity contribution is 5.85. The minimum Gasteiger partial charge on any atom is -0.458 e. The van der Waals surface area contributed by atoms with E-state index in [2.05, 4.69) is 6.92 Å². The Hall–Kier alpha value is -1.11. The van der Waals surface area contributed by atoms with Crippen molar-refractivity contribution in [2.45, 2.75) is 107 Å². The zero-order chi connectivity index (χ0) is 29.2. The largest absolute Gasteiger partial charge is 0.458 e. The van der Waals surface area contributed by atoms with E-state index in [-0.39, 0.29) is 59.8 Å². The molecule has 1 saturated heterocycles. The third kappa shape index (κ3) is 4.46. The van der Waals surface area contributed by atoms with Crippen LogP contribution in [0.25, 0.3) is 0 Å². The van der Waals surface area contributed by atoms with E-state index in [4.69, 9.17) is 23.7 Å². The van der Waals surface area contributed by atoms with Gasteiger partial charge in [0.25, 0.3) is 0 Å². The molecular formula is C31H48O10. The highest BCUT2D eigenvalue weighted by Gasteiger charge is 2.68. The quantitative estimate of drug-likeness (QED) is 0.260. The van der Waals surface area contributed by atoms with E-state index >= 15 is 0 Å². The van der Waals surface area contributed by atoms with Gasteiger partial charge >= 0.3 is 5.97 Å². The number of carbonyl (C=O) groups is 1. The van der Waals surface area contributed by atoms with Gasteiger partial charge in [-0.15, -0.1) is 0 Å². The van der Waals surface area contributed by atoms with Gasteiger partial charge in [0.2, 0.25) is 0 Å². The number of carbonyl (C=O) groups excluding carboxylic acids is 1. The van der Waals surface area contributed by atoms with Gasteiger partial charge in [-0.05, 0) is 92.4 Å². The second kappa shape index (κ2) is 11.1. The van der Waals surface area contributed by atoms with E-state index in [9.17, 15) is 25.2 Å². The van der Waals surface area contributed by atoms with Crippen LogP contribution in [0.1, 0.15) is 64.7 Å². The Morgan fingerprint density at radius 2 is 1.78 bits per heavy atom. The summed E-state index contributed by atoms with van der Waals surface area (Å²) in [5, 5.41) is 43.8. The Bertz CT molecular complexity index is 1020. The van der Waals surface area contributed by atoms with Gasteiger partial charge in [0.05, 0.1) is 18.3 Å². The third-order valence-corrected chi connectivity index (χ3v) is 12.6. The number of ether oxygens (including phenoxy) is 5. The summed E-state index contributed by atoms with van der Waals surface area (Å²) in [6, 6.07) is 0. The van der Waals surface area contributed by atoms with Crippen LogP contribution in [0.3, 0.4) is 0 Å². The highest BCUT2D eigenvalue weighted by Crippen LogP contribution is 2.70. The average Bonchev–Trinajstić information content (AvgIpc) is 3.52. The maximum Gasteiger partial charge on any atom is 0.331 e. The lowest BCUT2D eigenvalue weighted by Gasteiger charge is -2.64. The van der Waals surface area contributed by atoms with Gasteiger partial charge in [0.15, 0.2) is 6.29 Å². The number of aliphatic hydroxyl groups excluding tert-OH is 3. The minimum atomic E-state index is -1.03. The molecule has 6 aliphatic rings. The molecule has 0 aromatic carbocycles. The molecule has 232 valence electrons. The standard InChI is InChI=1S/C31H48O10/c1-29-9-7-21-22(31(29,36)11-8-20(29)17-12-24(34)39-15-17)5-4-18-13-19(6-10-30(18,21)16-33)40-28-27(38-3)26(37-2)25(35)23(14-32)41-28/h12,18-23,25-28,32-33,35-36H,4-11,13-16H2,1-3H3/t18?,19?,20-,21+,22-,23-,25-,26+,27-,28-,29-,30-,31+/m1/s1. The topological polar surface area (TPSA) is 144 Å². The second-order valence-corrected chi connectivity index (χ2v) is 13.8. The fourth-order valence-corrected chi connectivity index (χ4v) is 10.5. The van der Waals surface area contributed by atoms with Gasteiger partial charge in [0.1, 0.15) is 31.0 Å². The lowest BCUT2D eigenvalue weighted by Crippen LogP contribution is -2.64. The Labute approximate surface area is 242 Å². The molecule has 0 aromatic rings. The van der Waals surface area contributed by atoms with E-state index in [1.165, 1.54) is 14.2 Å². The predicted octanol–water partition coefficient (Wildman–Crippen LogP) is 1.71. The van der Waals surface area contributed by atoms with Crippen LogP contribution in [0.2, 0.25) is 0 Å². The van der Waals surface area contributed by atoms with Gasteiger partial charge in [-0.1, -0.05) is 6.92 Å². The van der Waals surface area contributed by atoms with Gasteiger partial charge in [0, 0.05) is 32.3 Å². The highest BCUT2D eigenvalue weighted by atomic mass is 16.7. The minimum absolute atomic E-state index is 0.0976. The number of methoxy groups -OCH3 is 2. The van der Waals surface area contributed by atoms with Gasteiger partial charge in [-0.3, -0.25) is 0 Å². The van der Waals surface area contributed by atoms with Crippen LogP contribution < -0.4 is 0 Å². The zero-order valence-corrected chi connectivity index (χ0v) is 24.6. The first-order valence-electron chi connectivity index (χ1n) is 15.5. The van der Waals surface area contributed by atoms with Crippen LogP contribution in [0, 0.1) is 34.5 Å². The fraction of sp³-hybridized carbons (Fsp3) is 0.903. The van der Waals surface area contributed by atoms with E-state index in [1.54, 1.807) is 6.08 Å². The molecule has 0 bridgehead atoms. The van der Waals surface area contributed by atoms with Crippen molar-refractivity contribution < 1.29 is 48.9 Å². The molecular weight excluding hydrogens is 532 g/mol. The van der Waals surface area contributed by atoms with Crippen molar-refractivity contribution in [1.29, 1.82) is 0 Å². The molecule has 2 aliphatic heterocycles. The average molecular weight is 581 g/mol. The molecule has 5 fully saturated rings. The third-order valence-electron chi connectivity index (χ3n) is 12.6. The summed E-state index contributed by atoms with van der Waals surface area (Å²) >= 11 is 0. The Kier molecular flexibility index (Phi) is 8.11. The first-order chi connectivity index (χ1) is 19.7. The predicted molar refractivity (Wildman–Crippen MR) is 145 cm³/mol. The molecule has 41 heavy (non-hydrogen) atoms. The first kappa shape index (κ1) is 29.9. The molecule has 4 saturated carbocycles. The molecule has 0 spiro atoms. The fourth-order valence-electron chi connectivity index (χ4n) is 10.5. The van der Waals surface area contributed by atoms with Crippen LogP contribution in [-0.2, 0) is 28.5 Å². The number of hydrogen-bond donors (Lipinski definition) is 4. The number of hydrogen-bond acceptors (Lipinski definition) is 10. The van der Waals surface area contributed by atoms with Crippen molar-refractivity contribution in [2.24, 2.45) is 34.5 Å². The summed E-state index contributed by atoms with van der Waals surface area (Å²) in [5.41, 5.74) is -0.376. The van der Waals surface area contributed by atoms with Gasteiger partial charge < -0.3 is 44.1 Å². The molecule has 4 aliphatic carbocycles. The van der Waals surface area contributed by atoms with E-state index in [1.807, 2.05) is 0 Å². The van der Waals surface area contributed by atoms with Crippen LogP contribution in [0.15, 0.2) is 11.6 Å². The lowest BCUT2D eigenvalue weighted by atomic mass is 9.43. The molecule has 13 atom stereocenters. The molecule has 6 rings (SSSR count). The molecule has 10 heteroatoms. The van der Waals surface area contributed by atoms with E-state index < -0.39 is 36.3 Å². The maximum absolute atomic E-state index is 12.5. The summed E-state index contributed by atoms with van der Waals surface area (Å²) in [5.74, 6) is 0.461. The van der Waals surface area contributed by atoms with Crippen LogP contribution in [0.4, 0.5) is 0 Å². The van der Waals surface area contributed by atoms with Crippen molar-refractivity contribution in [1.82, 2.24) is 0 Å². The van der Waals surface area contributed by atoms with Gasteiger partial charge in [-0.25, -0.2) is 4.79 Å². The Morgan fingerprint density at radius 1 is 1.00 bits per heavy atom. The number of esters is 1. The number of aliphatic hydroxyl groups is 4. The van der Waals surface area contributed by atoms with Crippen LogP contribution in [0.5, 0.6) is 0 Å². The number of fused-ring (bicyclic) bond motifs is 5. The molecule has 2 unspecified atom stereocenters. The molecule has 4 N–H and O–H groups in total. The summed E-state index contributed by atoms with van der Waals surface area (Å²) in [7, 11) is 3.03. The van der Waals surface area contributed by atoms with Crippen molar-refractivity contribution in [2.75, 3.05) is 34.0 Å².